The largest absolute Gasteiger partial charge is 0.506 e. The van der Waals surface area contributed by atoms with Crippen molar-refractivity contribution in [3.63, 3.8) is 0 Å². The van der Waals surface area contributed by atoms with Crippen LogP contribution in [-0.4, -0.2) is 73.5 Å². The first kappa shape index (κ1) is 50.2. The van der Waals surface area contributed by atoms with Gasteiger partial charge in [-0.1, -0.05) is 57.7 Å². The van der Waals surface area contributed by atoms with Gasteiger partial charge in [-0.05, 0) is 87.4 Å². The molecule has 7 rings (SSSR count). The molecular weight excluding hydrogens is 975 g/mol. The van der Waals surface area contributed by atoms with Gasteiger partial charge in [0.2, 0.25) is 5.69 Å². The summed E-state index contributed by atoms with van der Waals surface area (Å²) in [7, 11) is 2.18. The number of anilines is 1. The maximum absolute atomic E-state index is 10.9. The van der Waals surface area contributed by atoms with Crippen molar-refractivity contribution in [2.24, 2.45) is 20.4 Å². The molecule has 1 unspecified atom stereocenters. The van der Waals surface area contributed by atoms with Crippen molar-refractivity contribution in [3.8, 4) is 0 Å². The number of ketones is 2. The zero-order chi connectivity index (χ0) is 45.8. The number of aliphatic hydroxyl groups excluding tert-OH is 2. The van der Waals surface area contributed by atoms with E-state index >= 15 is 0 Å². The van der Waals surface area contributed by atoms with Crippen LogP contribution < -0.4 is 24.5 Å². The van der Waals surface area contributed by atoms with E-state index in [-0.39, 0.29) is 76.3 Å². The van der Waals surface area contributed by atoms with Crippen LogP contribution in [-0.2, 0) is 31.8 Å². The van der Waals surface area contributed by atoms with Gasteiger partial charge >= 0.3 is 10.0 Å². The summed E-state index contributed by atoms with van der Waals surface area (Å²) in [5, 5.41) is 53.9. The summed E-state index contributed by atoms with van der Waals surface area (Å²) in [6.07, 6.45) is 14.8. The summed E-state index contributed by atoms with van der Waals surface area (Å²) in [5.41, 5.74) is 6.80. The zero-order valence-electron chi connectivity index (χ0n) is 34.8. The molecule has 1 radical (unpaired) electrons. The molecular formula is C42H40BrCoN10O8S2-. The molecule has 0 bridgehead atoms. The molecule has 2 aliphatic carbocycles. The number of thiazole rings is 2. The van der Waals surface area contributed by atoms with Gasteiger partial charge in [0.05, 0.1) is 15.3 Å². The molecule has 22 heteroatoms. The van der Waals surface area contributed by atoms with Crippen molar-refractivity contribution in [2.45, 2.75) is 39.5 Å². The Hall–Kier alpha value is -6.46. The normalized spacial score (nSPS) is 18.3. The van der Waals surface area contributed by atoms with Gasteiger partial charge in [-0.25, -0.2) is 0 Å². The van der Waals surface area contributed by atoms with Crippen LogP contribution in [0.4, 0.5) is 21.4 Å². The third kappa shape index (κ3) is 12.6. The van der Waals surface area contributed by atoms with Crippen molar-refractivity contribution >= 4 is 94.8 Å². The topological polar surface area (TPSA) is 245 Å². The Morgan fingerprint density at radius 1 is 0.797 bits per heavy atom. The molecule has 0 amide bonds. The Balaban J connectivity index is 0.000000216. The van der Waals surface area contributed by atoms with Gasteiger partial charge in [0.1, 0.15) is 30.0 Å². The van der Waals surface area contributed by atoms with Crippen LogP contribution in [0.25, 0.3) is 6.08 Å². The molecule has 18 nitrogen and oxygen atoms in total. The van der Waals surface area contributed by atoms with E-state index in [1.807, 2.05) is 0 Å². The number of halogens is 1. The zero-order valence-corrected chi connectivity index (χ0v) is 39.0. The van der Waals surface area contributed by atoms with Crippen LogP contribution in [0.2, 0.25) is 0 Å². The van der Waals surface area contributed by atoms with Gasteiger partial charge in [0.15, 0.2) is 17.3 Å². The summed E-state index contributed by atoms with van der Waals surface area (Å²) in [5.74, 6) is -1.32. The van der Waals surface area contributed by atoms with Crippen LogP contribution in [0.1, 0.15) is 45.2 Å². The predicted molar refractivity (Wildman–Crippen MR) is 246 cm³/mol. The fourth-order valence-corrected chi connectivity index (χ4v) is 7.72. The third-order valence-corrected chi connectivity index (χ3v) is 11.9. The van der Waals surface area contributed by atoms with Crippen molar-refractivity contribution in [2.75, 3.05) is 25.0 Å². The number of fused-ring (bicyclic) bond motifs is 1. The summed E-state index contributed by atoms with van der Waals surface area (Å²) >= 11 is 5.15. The first-order chi connectivity index (χ1) is 30.1. The Morgan fingerprint density at radius 2 is 1.30 bits per heavy atom. The number of nitro groups is 2. The first-order valence-corrected chi connectivity index (χ1v) is 21.5. The smallest absolute Gasteiger partial charge is 0.319 e. The van der Waals surface area contributed by atoms with E-state index in [2.05, 4.69) is 145 Å². The Morgan fingerprint density at radius 3 is 1.72 bits per heavy atom. The quantitative estimate of drug-likeness (QED) is 0.0691. The van der Waals surface area contributed by atoms with E-state index in [0.29, 0.717) is 0 Å². The number of aromatic nitrogens is 2. The van der Waals surface area contributed by atoms with E-state index in [9.17, 15) is 40.0 Å². The van der Waals surface area contributed by atoms with Crippen LogP contribution >= 0.6 is 38.6 Å². The fraction of sp³-hybridized carbons (Fsp3) is 0.214. The molecule has 2 N–H and O–H groups in total. The average Bonchev–Trinajstić information content (AvgIpc) is 3.99. The molecule has 3 heterocycles. The molecule has 0 spiro atoms. The number of benzene rings is 2. The maximum atomic E-state index is 10.9. The van der Waals surface area contributed by atoms with Gasteiger partial charge < -0.3 is 35.3 Å². The number of rotatable bonds is 10. The van der Waals surface area contributed by atoms with E-state index < -0.39 is 9.85 Å². The summed E-state index contributed by atoms with van der Waals surface area (Å²) < 4.78 is 3.48. The van der Waals surface area contributed by atoms with Gasteiger partial charge in [-0.2, -0.15) is 4.58 Å². The Kier molecular flexibility index (Phi) is 17.8. The SMILES string of the molecule is CCN(CC)c1ccc(/C=C/C2=[N+](C)c3ccc(Br)cc3C2(C)CC)cc1.O=C1C=CC(=NN=c2[n-]cc([N+](=O)[O-])s2)C(O)=C1.O=C1C=CC(=NN=c2[n-]cc([N+](=O)[O-])s2)C(O)=C1.[Co]. The number of aliphatic hydroxyl groups is 2. The molecule has 0 fully saturated rings. The van der Waals surface area contributed by atoms with Gasteiger partial charge in [-0.3, -0.25) is 40.0 Å². The number of hydrogen-bond donors (Lipinski definition) is 2. The fourth-order valence-electron chi connectivity index (χ4n) is 6.25. The monoisotopic (exact) mass is 1010 g/mol. The summed E-state index contributed by atoms with van der Waals surface area (Å²) in [4.78, 5) is 51.3. The number of carbonyl (C=O) groups excluding carboxylic acids is 2. The van der Waals surface area contributed by atoms with Crippen LogP contribution in [0, 0.1) is 20.2 Å². The standard InChI is InChI=1S/C24H30BrN2.2C9H6N4O4S.Co/c1-6-24(4)21-17-19(25)12-15-22(21)26(5)23(24)16-11-18-9-13-20(14-10-18)27(7-2)8-3;2*14-5-1-2-6(7(15)3-5)11-12-9-10-4-8(18-9)13(16)17;/h9-17H,6-8H2,1-5H3;2*1-4H,(H2,10,12,14,15);/q+1;;;/p-2. The van der Waals surface area contributed by atoms with Gasteiger partial charge in [-0.15, -0.1) is 0 Å². The molecule has 0 saturated carbocycles. The van der Waals surface area contributed by atoms with Crippen LogP contribution in [0.5, 0.6) is 0 Å². The summed E-state index contributed by atoms with van der Waals surface area (Å²) in [6, 6.07) is 15.5. The number of allylic oxidation sites excluding steroid dienone is 7. The van der Waals surface area contributed by atoms with E-state index in [4.69, 9.17) is 0 Å². The predicted octanol–water partition coefficient (Wildman–Crippen LogP) is 7.30. The molecule has 1 aliphatic heterocycles. The van der Waals surface area contributed by atoms with Gasteiger partial charge in [0, 0.05) is 91.9 Å². The number of carbonyl (C=O) groups is 2. The van der Waals surface area contributed by atoms with Crippen LogP contribution in [0.15, 0.2) is 134 Å². The second-order valence-corrected chi connectivity index (χ2v) is 16.5. The maximum Gasteiger partial charge on any atom is 0.319 e. The molecule has 0 saturated heterocycles. The molecule has 2 aromatic heterocycles. The van der Waals surface area contributed by atoms with Crippen molar-refractivity contribution in [1.82, 2.24) is 9.97 Å². The van der Waals surface area contributed by atoms with Gasteiger partial charge in [0.25, 0.3) is 0 Å². The second-order valence-electron chi connectivity index (χ2n) is 13.6. The molecule has 3 aliphatic rings. The minimum Gasteiger partial charge on any atom is -0.506 e. The van der Waals surface area contributed by atoms with E-state index in [1.165, 1.54) is 52.5 Å². The number of nitrogens with zero attached hydrogens (tertiary/aromatic N) is 10. The molecule has 1 atom stereocenters. The minimum absolute atomic E-state index is 0. The van der Waals surface area contributed by atoms with Crippen molar-refractivity contribution in [1.29, 1.82) is 0 Å². The Bertz CT molecular complexity index is 2710. The summed E-state index contributed by atoms with van der Waals surface area (Å²) in [6.45, 7) is 11.1. The minimum atomic E-state index is -0.583. The van der Waals surface area contributed by atoms with Crippen LogP contribution in [0.3, 0.4) is 0 Å². The first-order valence-electron chi connectivity index (χ1n) is 19.0. The van der Waals surface area contributed by atoms with E-state index in [1.54, 1.807) is 0 Å². The molecule has 2 aromatic carbocycles. The number of hydrogen-bond acceptors (Lipinski definition) is 15. The van der Waals surface area contributed by atoms with Crippen molar-refractivity contribution in [3.05, 3.63) is 154 Å². The Labute approximate surface area is 392 Å². The van der Waals surface area contributed by atoms with E-state index in [0.717, 1.165) is 71.2 Å². The van der Waals surface area contributed by atoms with Crippen molar-refractivity contribution < 1.29 is 51.0 Å². The molecule has 64 heavy (non-hydrogen) atoms. The third-order valence-electron chi connectivity index (χ3n) is 9.71. The second kappa shape index (κ2) is 22.8. The average molecular weight is 1020 g/mol. The molecule has 335 valence electrons. The molecule has 4 aromatic rings.